The molecule has 3 aromatic rings. The van der Waals surface area contributed by atoms with Gasteiger partial charge in [0.25, 0.3) is 11.8 Å². The highest BCUT2D eigenvalue weighted by atomic mass is 16.5. The third-order valence-corrected chi connectivity index (χ3v) is 4.90. The van der Waals surface area contributed by atoms with Crippen molar-refractivity contribution in [2.45, 2.75) is 34.3 Å². The molecule has 0 bridgehead atoms. The van der Waals surface area contributed by atoms with Crippen LogP contribution in [0.3, 0.4) is 0 Å². The van der Waals surface area contributed by atoms with Crippen LogP contribution in [0.1, 0.15) is 48.9 Å². The molecule has 0 saturated carbocycles. The van der Waals surface area contributed by atoms with Gasteiger partial charge in [-0.2, -0.15) is 0 Å². The molecule has 0 aliphatic heterocycles. The zero-order valence-electron chi connectivity index (χ0n) is 18.2. The van der Waals surface area contributed by atoms with Crippen LogP contribution in [-0.4, -0.2) is 24.1 Å². The first-order valence-corrected chi connectivity index (χ1v) is 9.70. The van der Waals surface area contributed by atoms with Crippen LogP contribution in [0.2, 0.25) is 0 Å². The number of nitrogens with one attached hydrogen (secondary N) is 2. The van der Waals surface area contributed by atoms with Gasteiger partial charge in [-0.1, -0.05) is 22.9 Å². The molecule has 0 aliphatic rings. The van der Waals surface area contributed by atoms with E-state index in [2.05, 4.69) is 16.0 Å². The van der Waals surface area contributed by atoms with E-state index in [9.17, 15) is 9.59 Å². The van der Waals surface area contributed by atoms with Crippen molar-refractivity contribution in [2.24, 2.45) is 0 Å². The van der Waals surface area contributed by atoms with Gasteiger partial charge in [0.1, 0.15) is 12.4 Å². The van der Waals surface area contributed by atoms with Crippen molar-refractivity contribution in [1.29, 1.82) is 0 Å². The Labute approximate surface area is 180 Å². The Morgan fingerprint density at radius 2 is 1.71 bits per heavy atom. The fourth-order valence-electron chi connectivity index (χ4n) is 3.11. The number of carbonyl (C=O) groups excluding carboxylic acids is 2. The van der Waals surface area contributed by atoms with E-state index in [1.165, 1.54) is 7.11 Å². The topological polar surface area (TPSA) is 103 Å². The molecular formula is C23H25N3O5. The summed E-state index contributed by atoms with van der Waals surface area (Å²) in [7, 11) is 1.49. The molecule has 1 heterocycles. The summed E-state index contributed by atoms with van der Waals surface area (Å²) >= 11 is 0. The molecule has 2 aromatic carbocycles. The minimum absolute atomic E-state index is 0.259. The predicted molar refractivity (Wildman–Crippen MR) is 114 cm³/mol. The highest BCUT2D eigenvalue weighted by Crippen LogP contribution is 2.29. The van der Waals surface area contributed by atoms with Gasteiger partial charge in [-0.25, -0.2) is 0 Å². The number of aryl methyl sites for hydroxylation is 4. The second-order valence-electron chi connectivity index (χ2n) is 7.18. The van der Waals surface area contributed by atoms with E-state index < -0.39 is 11.8 Å². The molecule has 1 aromatic heterocycles. The summed E-state index contributed by atoms with van der Waals surface area (Å²) in [4.78, 5) is 24.8. The monoisotopic (exact) mass is 423 g/mol. The number of hydrogen-bond donors (Lipinski definition) is 2. The Kier molecular flexibility index (Phi) is 6.59. The molecule has 0 fully saturated rings. The van der Waals surface area contributed by atoms with Gasteiger partial charge in [-0.3, -0.25) is 20.4 Å². The summed E-state index contributed by atoms with van der Waals surface area (Å²) in [6, 6.07) is 10.2. The summed E-state index contributed by atoms with van der Waals surface area (Å²) in [5.41, 5.74) is 9.16. The smallest absolute Gasteiger partial charge is 0.269 e. The quantitative estimate of drug-likeness (QED) is 0.588. The molecule has 3 rings (SSSR count). The second-order valence-corrected chi connectivity index (χ2v) is 7.18. The average molecular weight is 423 g/mol. The number of carbonyl (C=O) groups is 2. The SMILES string of the molecule is COc1cc(C(=O)NNC(=O)c2ccc(C)cc2C)ccc1OCc1c(C)noc1C. The number of ether oxygens (including phenoxy) is 2. The zero-order chi connectivity index (χ0) is 22.5. The van der Waals surface area contributed by atoms with E-state index in [0.717, 1.165) is 22.4 Å². The largest absolute Gasteiger partial charge is 0.493 e. The van der Waals surface area contributed by atoms with Crippen LogP contribution in [0, 0.1) is 27.7 Å². The van der Waals surface area contributed by atoms with Gasteiger partial charge in [0.15, 0.2) is 11.5 Å². The van der Waals surface area contributed by atoms with Crippen molar-refractivity contribution < 1.29 is 23.6 Å². The number of aromatic nitrogens is 1. The first-order valence-electron chi connectivity index (χ1n) is 9.70. The maximum Gasteiger partial charge on any atom is 0.269 e. The number of hydrazine groups is 1. The van der Waals surface area contributed by atoms with Crippen molar-refractivity contribution in [3.8, 4) is 11.5 Å². The van der Waals surface area contributed by atoms with Crippen LogP contribution >= 0.6 is 0 Å². The fourth-order valence-corrected chi connectivity index (χ4v) is 3.11. The molecule has 8 heteroatoms. The predicted octanol–water partition coefficient (Wildman–Crippen LogP) is 3.57. The van der Waals surface area contributed by atoms with E-state index in [4.69, 9.17) is 14.0 Å². The maximum atomic E-state index is 12.5. The molecule has 0 unspecified atom stereocenters. The van der Waals surface area contributed by atoms with E-state index in [1.54, 1.807) is 24.3 Å². The van der Waals surface area contributed by atoms with Crippen LogP contribution in [0.15, 0.2) is 40.9 Å². The van der Waals surface area contributed by atoms with Gasteiger partial charge < -0.3 is 14.0 Å². The van der Waals surface area contributed by atoms with Crippen molar-refractivity contribution >= 4 is 11.8 Å². The van der Waals surface area contributed by atoms with Crippen LogP contribution in [0.4, 0.5) is 0 Å². The molecule has 2 amide bonds. The lowest BCUT2D eigenvalue weighted by Gasteiger charge is -2.13. The van der Waals surface area contributed by atoms with Crippen LogP contribution in [-0.2, 0) is 6.61 Å². The van der Waals surface area contributed by atoms with Gasteiger partial charge in [-0.15, -0.1) is 0 Å². The van der Waals surface area contributed by atoms with Crippen molar-refractivity contribution in [1.82, 2.24) is 16.0 Å². The summed E-state index contributed by atoms with van der Waals surface area (Å²) < 4.78 is 16.3. The summed E-state index contributed by atoms with van der Waals surface area (Å²) in [6.45, 7) is 7.71. The van der Waals surface area contributed by atoms with E-state index in [1.807, 2.05) is 39.8 Å². The summed E-state index contributed by atoms with van der Waals surface area (Å²) in [5, 5.41) is 3.90. The number of nitrogens with zero attached hydrogens (tertiary/aromatic N) is 1. The molecule has 0 saturated heterocycles. The van der Waals surface area contributed by atoms with Gasteiger partial charge in [0, 0.05) is 11.1 Å². The van der Waals surface area contributed by atoms with Gasteiger partial charge in [0.2, 0.25) is 0 Å². The Morgan fingerprint density at radius 3 is 2.35 bits per heavy atom. The van der Waals surface area contributed by atoms with E-state index in [-0.39, 0.29) is 6.61 Å². The molecule has 0 aliphatic carbocycles. The second kappa shape index (κ2) is 9.34. The Hall–Kier alpha value is -3.81. The minimum atomic E-state index is -0.478. The maximum absolute atomic E-state index is 12.5. The lowest BCUT2D eigenvalue weighted by molar-refractivity contribution is 0.0846. The highest BCUT2D eigenvalue weighted by molar-refractivity contribution is 6.00. The van der Waals surface area contributed by atoms with Crippen LogP contribution in [0.25, 0.3) is 0 Å². The van der Waals surface area contributed by atoms with Crippen molar-refractivity contribution in [3.63, 3.8) is 0 Å². The first-order chi connectivity index (χ1) is 14.8. The van der Waals surface area contributed by atoms with Gasteiger partial charge >= 0.3 is 0 Å². The Bertz CT molecular complexity index is 1100. The highest BCUT2D eigenvalue weighted by Gasteiger charge is 2.15. The number of hydrogen-bond acceptors (Lipinski definition) is 6. The van der Waals surface area contributed by atoms with E-state index in [0.29, 0.717) is 28.4 Å². The molecule has 8 nitrogen and oxygen atoms in total. The van der Waals surface area contributed by atoms with Crippen molar-refractivity contribution in [3.05, 3.63) is 75.7 Å². The van der Waals surface area contributed by atoms with Gasteiger partial charge in [-0.05, 0) is 57.5 Å². The minimum Gasteiger partial charge on any atom is -0.493 e. The number of amides is 2. The zero-order valence-corrected chi connectivity index (χ0v) is 18.2. The van der Waals surface area contributed by atoms with E-state index >= 15 is 0 Å². The number of methoxy groups -OCH3 is 1. The number of benzene rings is 2. The van der Waals surface area contributed by atoms with Crippen LogP contribution < -0.4 is 20.3 Å². The molecule has 0 radical (unpaired) electrons. The lowest BCUT2D eigenvalue weighted by atomic mass is 10.1. The third kappa shape index (κ3) is 5.03. The van der Waals surface area contributed by atoms with Crippen LogP contribution in [0.5, 0.6) is 11.5 Å². The Morgan fingerprint density at radius 1 is 0.968 bits per heavy atom. The summed E-state index contributed by atoms with van der Waals surface area (Å²) in [5.74, 6) is 0.677. The molecular weight excluding hydrogens is 398 g/mol. The lowest BCUT2D eigenvalue weighted by Crippen LogP contribution is -2.41. The van der Waals surface area contributed by atoms with Gasteiger partial charge in [0.05, 0.1) is 18.4 Å². The first kappa shape index (κ1) is 21.9. The molecule has 162 valence electrons. The molecule has 2 N–H and O–H groups in total. The standard InChI is InChI=1S/C23H25N3O5/c1-13-6-8-18(14(2)10-13)23(28)25-24-22(27)17-7-9-20(21(11-17)29-5)30-12-19-15(3)26-31-16(19)4/h6-11H,12H2,1-5H3,(H,24,27)(H,25,28). The molecule has 0 atom stereocenters. The summed E-state index contributed by atoms with van der Waals surface area (Å²) in [6.07, 6.45) is 0. The number of rotatable bonds is 6. The molecule has 31 heavy (non-hydrogen) atoms. The van der Waals surface area contributed by atoms with Crippen molar-refractivity contribution in [2.75, 3.05) is 7.11 Å². The average Bonchev–Trinajstić information content (AvgIpc) is 3.07. The Balaban J connectivity index is 1.65. The normalized spacial score (nSPS) is 10.5. The molecule has 0 spiro atoms. The third-order valence-electron chi connectivity index (χ3n) is 4.90. The fraction of sp³-hybridized carbons (Fsp3) is 0.261.